The van der Waals surface area contributed by atoms with Crippen LogP contribution in [0.4, 0.5) is 0 Å². The van der Waals surface area contributed by atoms with Crippen LogP contribution in [-0.2, 0) is 9.53 Å². The van der Waals surface area contributed by atoms with E-state index in [0.717, 1.165) is 12.0 Å². The number of benzene rings is 1. The van der Waals surface area contributed by atoms with Crippen LogP contribution < -0.4 is 10.6 Å². The zero-order valence-electron chi connectivity index (χ0n) is 12.2. The molecule has 7 heteroatoms. The number of amides is 1. The maximum absolute atomic E-state index is 11.9. The van der Waals surface area contributed by atoms with Gasteiger partial charge in [-0.3, -0.25) is 10.1 Å². The van der Waals surface area contributed by atoms with E-state index < -0.39 is 9.96 Å². The second-order valence-corrected chi connectivity index (χ2v) is 6.90. The molecule has 1 aromatic rings. The van der Waals surface area contributed by atoms with Gasteiger partial charge in [0.15, 0.2) is 0 Å². The molecule has 0 aliphatic heterocycles. The Morgan fingerprint density at radius 1 is 1.32 bits per heavy atom. The smallest absolute Gasteiger partial charge is 0.245 e. The normalized spacial score (nSPS) is 13.3. The fraction of sp³-hybridized carbons (Fsp3) is 0.400. The van der Waals surface area contributed by atoms with Gasteiger partial charge in [-0.05, 0) is 24.6 Å². The van der Waals surface area contributed by atoms with Crippen LogP contribution in [0.2, 0.25) is 0 Å². The Bertz CT molecular complexity index is 475. The average molecular weight is 366 g/mol. The summed E-state index contributed by atoms with van der Waals surface area (Å²) in [7, 11) is 1.61. The number of rotatable bonds is 8. The van der Waals surface area contributed by atoms with Crippen molar-refractivity contribution in [2.45, 2.75) is 16.4 Å². The Morgan fingerprint density at radius 3 is 2.59 bits per heavy atom. The molecule has 0 bridgehead atoms. The molecule has 0 saturated heterocycles. The number of nitrogens with one attached hydrogen (secondary N) is 2. The molecule has 0 saturated carbocycles. The van der Waals surface area contributed by atoms with Crippen LogP contribution >= 0.6 is 34.8 Å². The van der Waals surface area contributed by atoms with Crippen LogP contribution in [0.5, 0.6) is 0 Å². The average Bonchev–Trinajstić information content (AvgIpc) is 2.48. The lowest BCUT2D eigenvalue weighted by Crippen LogP contribution is -2.53. The maximum atomic E-state index is 11.9. The van der Waals surface area contributed by atoms with Crippen molar-refractivity contribution < 1.29 is 9.53 Å². The minimum Gasteiger partial charge on any atom is -0.385 e. The number of alkyl halides is 3. The molecule has 1 atom stereocenters. The van der Waals surface area contributed by atoms with Crippen molar-refractivity contribution >= 4 is 46.8 Å². The van der Waals surface area contributed by atoms with Gasteiger partial charge in [-0.2, -0.15) is 0 Å². The maximum Gasteiger partial charge on any atom is 0.245 e. The van der Waals surface area contributed by atoms with Crippen LogP contribution in [0.3, 0.4) is 0 Å². The van der Waals surface area contributed by atoms with E-state index in [2.05, 4.69) is 10.6 Å². The third-order valence-electron chi connectivity index (χ3n) is 2.71. The van der Waals surface area contributed by atoms with Crippen LogP contribution in [-0.4, -0.2) is 36.1 Å². The highest BCUT2D eigenvalue weighted by atomic mass is 35.6. The van der Waals surface area contributed by atoms with Gasteiger partial charge in [-0.15, -0.1) is 0 Å². The quantitative estimate of drug-likeness (QED) is 0.322. The Morgan fingerprint density at radius 2 is 2.00 bits per heavy atom. The van der Waals surface area contributed by atoms with E-state index in [-0.39, 0.29) is 5.91 Å². The van der Waals surface area contributed by atoms with E-state index in [1.165, 1.54) is 6.08 Å². The first-order chi connectivity index (χ1) is 10.4. The summed E-state index contributed by atoms with van der Waals surface area (Å²) in [5.74, 6) is -0.348. The van der Waals surface area contributed by atoms with Gasteiger partial charge in [0, 0.05) is 19.8 Å². The predicted octanol–water partition coefficient (Wildman–Crippen LogP) is 3.14. The molecule has 0 fully saturated rings. The standard InChI is InChI=1S/C15H19Cl3N2O2/c1-22-11-5-10-19-14(15(16,17)18)20-13(21)9-8-12-6-3-2-4-7-12/h2-4,6-9,14,19H,5,10-11H2,1H3,(H,20,21)/b9-8+/t14-/m1/s1. The lowest BCUT2D eigenvalue weighted by Gasteiger charge is -2.26. The number of carbonyl (C=O) groups is 1. The SMILES string of the molecule is COCCCN[C@H](NC(=O)/C=C/c1ccccc1)C(Cl)(Cl)Cl. The molecule has 0 heterocycles. The lowest BCUT2D eigenvalue weighted by atomic mass is 10.2. The zero-order valence-corrected chi connectivity index (χ0v) is 14.5. The fourth-order valence-corrected chi connectivity index (χ4v) is 2.03. The Kier molecular flexibility index (Phi) is 8.83. The molecule has 1 rings (SSSR count). The van der Waals surface area contributed by atoms with Crippen molar-refractivity contribution in [2.24, 2.45) is 0 Å². The van der Waals surface area contributed by atoms with Gasteiger partial charge < -0.3 is 10.1 Å². The number of hydrogen-bond donors (Lipinski definition) is 2. The molecular formula is C15H19Cl3N2O2. The molecule has 0 aliphatic rings. The van der Waals surface area contributed by atoms with Crippen LogP contribution in [0.1, 0.15) is 12.0 Å². The van der Waals surface area contributed by atoms with Crippen molar-refractivity contribution in [1.82, 2.24) is 10.6 Å². The van der Waals surface area contributed by atoms with E-state index in [0.29, 0.717) is 13.2 Å². The van der Waals surface area contributed by atoms with Gasteiger partial charge in [-0.25, -0.2) is 0 Å². The Hall–Kier alpha value is -0.780. The summed E-state index contributed by atoms with van der Waals surface area (Å²) in [6, 6.07) is 9.46. The summed E-state index contributed by atoms with van der Waals surface area (Å²) in [5.41, 5.74) is 0.913. The first-order valence-electron chi connectivity index (χ1n) is 6.76. The minimum atomic E-state index is -1.65. The monoisotopic (exact) mass is 364 g/mol. The van der Waals surface area contributed by atoms with Crippen LogP contribution in [0, 0.1) is 0 Å². The summed E-state index contributed by atoms with van der Waals surface area (Å²) >= 11 is 17.6. The van der Waals surface area contributed by atoms with E-state index in [1.807, 2.05) is 30.3 Å². The molecule has 122 valence electrons. The second kappa shape index (κ2) is 10.1. The van der Waals surface area contributed by atoms with E-state index in [4.69, 9.17) is 39.5 Å². The van der Waals surface area contributed by atoms with Crippen molar-refractivity contribution in [2.75, 3.05) is 20.3 Å². The number of carbonyl (C=O) groups excluding carboxylic acids is 1. The third-order valence-corrected chi connectivity index (χ3v) is 3.37. The highest BCUT2D eigenvalue weighted by molar-refractivity contribution is 6.68. The highest BCUT2D eigenvalue weighted by Crippen LogP contribution is 2.29. The molecule has 4 nitrogen and oxygen atoms in total. The molecule has 0 radical (unpaired) electrons. The third kappa shape index (κ3) is 8.01. The lowest BCUT2D eigenvalue weighted by molar-refractivity contribution is -0.117. The molecule has 1 aromatic carbocycles. The summed E-state index contributed by atoms with van der Waals surface area (Å²) < 4.78 is 3.29. The van der Waals surface area contributed by atoms with Crippen LogP contribution in [0.25, 0.3) is 6.08 Å². The molecule has 2 N–H and O–H groups in total. The van der Waals surface area contributed by atoms with Gasteiger partial charge in [0.25, 0.3) is 0 Å². The van der Waals surface area contributed by atoms with Crippen molar-refractivity contribution in [3.05, 3.63) is 42.0 Å². The molecule has 0 unspecified atom stereocenters. The van der Waals surface area contributed by atoms with E-state index in [9.17, 15) is 4.79 Å². The predicted molar refractivity (Wildman–Crippen MR) is 92.2 cm³/mol. The Balaban J connectivity index is 2.53. The largest absolute Gasteiger partial charge is 0.385 e. The topological polar surface area (TPSA) is 50.4 Å². The van der Waals surface area contributed by atoms with Crippen molar-refractivity contribution in [3.63, 3.8) is 0 Å². The molecule has 0 spiro atoms. The minimum absolute atomic E-state index is 0.348. The van der Waals surface area contributed by atoms with Crippen LogP contribution in [0.15, 0.2) is 36.4 Å². The molecule has 0 aromatic heterocycles. The van der Waals surface area contributed by atoms with Gasteiger partial charge >= 0.3 is 0 Å². The first kappa shape index (κ1) is 19.3. The molecule has 0 aliphatic carbocycles. The number of methoxy groups -OCH3 is 1. The highest BCUT2D eigenvalue weighted by Gasteiger charge is 2.32. The number of hydrogen-bond acceptors (Lipinski definition) is 3. The summed E-state index contributed by atoms with van der Waals surface area (Å²) in [5, 5.41) is 5.61. The molecular weight excluding hydrogens is 347 g/mol. The summed E-state index contributed by atoms with van der Waals surface area (Å²) in [4.78, 5) is 11.9. The first-order valence-corrected chi connectivity index (χ1v) is 7.89. The summed E-state index contributed by atoms with van der Waals surface area (Å²) in [6.45, 7) is 1.14. The van der Waals surface area contributed by atoms with E-state index >= 15 is 0 Å². The summed E-state index contributed by atoms with van der Waals surface area (Å²) in [6.07, 6.45) is 3.04. The fourth-order valence-electron chi connectivity index (χ4n) is 1.64. The van der Waals surface area contributed by atoms with Gasteiger partial charge in [0.1, 0.15) is 6.17 Å². The van der Waals surface area contributed by atoms with Gasteiger partial charge in [-0.1, -0.05) is 65.1 Å². The molecule has 22 heavy (non-hydrogen) atoms. The van der Waals surface area contributed by atoms with Gasteiger partial charge in [0.05, 0.1) is 0 Å². The molecule has 1 amide bonds. The van der Waals surface area contributed by atoms with E-state index in [1.54, 1.807) is 13.2 Å². The second-order valence-electron chi connectivity index (χ2n) is 4.53. The Labute approximate surface area is 145 Å². The van der Waals surface area contributed by atoms with Crippen molar-refractivity contribution in [3.8, 4) is 0 Å². The number of ether oxygens (including phenoxy) is 1. The van der Waals surface area contributed by atoms with Crippen molar-refractivity contribution in [1.29, 1.82) is 0 Å². The van der Waals surface area contributed by atoms with Gasteiger partial charge in [0.2, 0.25) is 9.70 Å². The zero-order chi connectivity index (χ0) is 16.4. The number of halogens is 3.